The second-order valence-corrected chi connectivity index (χ2v) is 3.54. The zero-order valence-electron chi connectivity index (χ0n) is 10.3. The molecule has 0 aromatic heterocycles. The summed E-state index contributed by atoms with van der Waals surface area (Å²) in [5, 5.41) is 2.63. The number of hydrogen-bond donors (Lipinski definition) is 2. The van der Waals surface area contributed by atoms with Crippen LogP contribution in [0.1, 0.15) is 12.8 Å². The molecule has 0 aromatic carbocycles. The summed E-state index contributed by atoms with van der Waals surface area (Å²) < 4.78 is 10.0. The minimum atomic E-state index is -0.582. The molecule has 0 spiro atoms. The summed E-state index contributed by atoms with van der Waals surface area (Å²) in [5.41, 5.74) is 5.34. The highest BCUT2D eigenvalue weighted by Gasteiger charge is 2.05. The molecule has 1 amide bonds. The first kappa shape index (κ1) is 16.7. The van der Waals surface area contributed by atoms with E-state index in [1.165, 1.54) is 0 Å². The molecule has 0 saturated carbocycles. The van der Waals surface area contributed by atoms with E-state index in [4.69, 9.17) is 15.2 Å². The monoisotopic (exact) mass is 260 g/mol. The smallest absolute Gasteiger partial charge is 0.220 e. The number of rotatable bonds is 12. The van der Waals surface area contributed by atoms with Crippen LogP contribution in [-0.2, 0) is 23.9 Å². The predicted molar refractivity (Wildman–Crippen MR) is 64.0 cm³/mol. The van der Waals surface area contributed by atoms with E-state index in [2.05, 4.69) is 5.32 Å². The SMILES string of the molecule is NC(C=O)CCC(=O)NCCOCCOCC=O. The number of hydrogen-bond acceptors (Lipinski definition) is 6. The first-order valence-corrected chi connectivity index (χ1v) is 5.77. The number of nitrogens with two attached hydrogens (primary N) is 1. The predicted octanol–water partition coefficient (Wildman–Crippen LogP) is -1.36. The van der Waals surface area contributed by atoms with Crippen molar-refractivity contribution in [3.63, 3.8) is 0 Å². The molecular formula is C11H20N2O5. The number of carbonyl (C=O) groups excluding carboxylic acids is 3. The molecule has 0 aliphatic carbocycles. The fourth-order valence-electron chi connectivity index (χ4n) is 1.07. The van der Waals surface area contributed by atoms with Crippen LogP contribution in [-0.4, -0.2) is 57.5 Å². The summed E-state index contributed by atoms with van der Waals surface area (Å²) >= 11 is 0. The zero-order chi connectivity index (χ0) is 13.6. The van der Waals surface area contributed by atoms with Crippen molar-refractivity contribution in [3.05, 3.63) is 0 Å². The van der Waals surface area contributed by atoms with Crippen molar-refractivity contribution >= 4 is 18.5 Å². The third-order valence-corrected chi connectivity index (χ3v) is 2.01. The molecule has 0 heterocycles. The maximum Gasteiger partial charge on any atom is 0.220 e. The molecule has 0 radical (unpaired) electrons. The Morgan fingerprint density at radius 2 is 1.94 bits per heavy atom. The number of nitrogens with one attached hydrogen (secondary N) is 1. The fraction of sp³-hybridized carbons (Fsp3) is 0.727. The molecule has 7 nitrogen and oxygen atoms in total. The third kappa shape index (κ3) is 11.2. The van der Waals surface area contributed by atoms with Gasteiger partial charge in [0.2, 0.25) is 5.91 Å². The lowest BCUT2D eigenvalue weighted by Crippen LogP contribution is -2.30. The van der Waals surface area contributed by atoms with Crippen LogP contribution in [0, 0.1) is 0 Å². The van der Waals surface area contributed by atoms with Crippen LogP contribution in [0.15, 0.2) is 0 Å². The molecule has 0 aliphatic heterocycles. The van der Waals surface area contributed by atoms with Crippen LogP contribution in [0.5, 0.6) is 0 Å². The van der Waals surface area contributed by atoms with Crippen molar-refractivity contribution in [2.24, 2.45) is 5.73 Å². The molecule has 0 rings (SSSR count). The van der Waals surface area contributed by atoms with Crippen LogP contribution >= 0.6 is 0 Å². The van der Waals surface area contributed by atoms with Gasteiger partial charge in [0.1, 0.15) is 19.2 Å². The highest BCUT2D eigenvalue weighted by molar-refractivity contribution is 5.76. The lowest BCUT2D eigenvalue weighted by Gasteiger charge is -2.07. The van der Waals surface area contributed by atoms with Gasteiger partial charge >= 0.3 is 0 Å². The van der Waals surface area contributed by atoms with E-state index in [0.29, 0.717) is 45.4 Å². The van der Waals surface area contributed by atoms with Gasteiger partial charge in [-0.2, -0.15) is 0 Å². The van der Waals surface area contributed by atoms with Gasteiger partial charge in [-0.3, -0.25) is 4.79 Å². The Hall–Kier alpha value is -1.31. The van der Waals surface area contributed by atoms with E-state index in [-0.39, 0.29) is 18.9 Å². The van der Waals surface area contributed by atoms with Gasteiger partial charge < -0.3 is 30.1 Å². The topological polar surface area (TPSA) is 108 Å². The van der Waals surface area contributed by atoms with E-state index < -0.39 is 6.04 Å². The van der Waals surface area contributed by atoms with Crippen molar-refractivity contribution in [1.29, 1.82) is 0 Å². The van der Waals surface area contributed by atoms with E-state index in [1.54, 1.807) is 0 Å². The van der Waals surface area contributed by atoms with Gasteiger partial charge in [0.05, 0.1) is 25.9 Å². The normalized spacial score (nSPS) is 11.8. The Balaban J connectivity index is 3.25. The molecule has 104 valence electrons. The van der Waals surface area contributed by atoms with Crippen molar-refractivity contribution < 1.29 is 23.9 Å². The number of amides is 1. The molecule has 18 heavy (non-hydrogen) atoms. The summed E-state index contributed by atoms with van der Waals surface area (Å²) in [6, 6.07) is -0.582. The fourth-order valence-corrected chi connectivity index (χ4v) is 1.07. The average molecular weight is 260 g/mol. The Morgan fingerprint density at radius 1 is 1.22 bits per heavy atom. The van der Waals surface area contributed by atoms with Crippen molar-refractivity contribution in [3.8, 4) is 0 Å². The minimum absolute atomic E-state index is 0.0666. The second kappa shape index (κ2) is 12.2. The molecule has 7 heteroatoms. The Labute approximate surface area is 106 Å². The highest BCUT2D eigenvalue weighted by Crippen LogP contribution is 1.91. The van der Waals surface area contributed by atoms with Crippen molar-refractivity contribution in [1.82, 2.24) is 5.32 Å². The average Bonchev–Trinajstić information content (AvgIpc) is 2.39. The van der Waals surface area contributed by atoms with Crippen LogP contribution in [0.25, 0.3) is 0 Å². The van der Waals surface area contributed by atoms with E-state index in [0.717, 1.165) is 0 Å². The van der Waals surface area contributed by atoms with Crippen LogP contribution in [0.3, 0.4) is 0 Å². The summed E-state index contributed by atoms with van der Waals surface area (Å²) in [4.78, 5) is 31.4. The molecule has 3 N–H and O–H groups in total. The van der Waals surface area contributed by atoms with Gasteiger partial charge in [-0.25, -0.2) is 0 Å². The molecule has 0 saturated heterocycles. The van der Waals surface area contributed by atoms with Crippen LogP contribution in [0.2, 0.25) is 0 Å². The largest absolute Gasteiger partial charge is 0.377 e. The standard InChI is InChI=1S/C11H20N2O5/c12-10(9-15)1-2-11(16)13-3-5-17-7-8-18-6-4-14/h4,9-10H,1-3,5-8,12H2,(H,13,16). The Kier molecular flexibility index (Phi) is 11.3. The van der Waals surface area contributed by atoms with Gasteiger partial charge in [0.15, 0.2) is 0 Å². The molecule has 1 unspecified atom stereocenters. The van der Waals surface area contributed by atoms with Crippen LogP contribution < -0.4 is 11.1 Å². The maximum atomic E-state index is 11.2. The summed E-state index contributed by atoms with van der Waals surface area (Å²) in [6.45, 7) is 1.55. The van der Waals surface area contributed by atoms with Gasteiger partial charge in [-0.05, 0) is 6.42 Å². The Morgan fingerprint density at radius 3 is 2.61 bits per heavy atom. The molecule has 0 aliphatic rings. The first-order chi connectivity index (χ1) is 8.70. The summed E-state index contributed by atoms with van der Waals surface area (Å²) in [6.07, 6.45) is 1.86. The van der Waals surface area contributed by atoms with Gasteiger partial charge in [0.25, 0.3) is 0 Å². The molecule has 0 fully saturated rings. The van der Waals surface area contributed by atoms with Gasteiger partial charge in [-0.15, -0.1) is 0 Å². The lowest BCUT2D eigenvalue weighted by molar-refractivity contribution is -0.121. The van der Waals surface area contributed by atoms with Crippen molar-refractivity contribution in [2.45, 2.75) is 18.9 Å². The van der Waals surface area contributed by atoms with E-state index in [9.17, 15) is 14.4 Å². The quantitative estimate of drug-likeness (QED) is 0.331. The number of aldehydes is 2. The molecule has 0 bridgehead atoms. The molecule has 0 aromatic rings. The third-order valence-electron chi connectivity index (χ3n) is 2.01. The molecular weight excluding hydrogens is 240 g/mol. The summed E-state index contributed by atoms with van der Waals surface area (Å²) in [7, 11) is 0. The Bertz CT molecular complexity index is 248. The van der Waals surface area contributed by atoms with Crippen LogP contribution in [0.4, 0.5) is 0 Å². The number of ether oxygens (including phenoxy) is 2. The summed E-state index contributed by atoms with van der Waals surface area (Å²) in [5.74, 6) is -0.159. The van der Waals surface area contributed by atoms with E-state index in [1.807, 2.05) is 0 Å². The van der Waals surface area contributed by atoms with Gasteiger partial charge in [0, 0.05) is 13.0 Å². The second-order valence-electron chi connectivity index (χ2n) is 3.54. The maximum absolute atomic E-state index is 11.2. The lowest BCUT2D eigenvalue weighted by atomic mass is 10.2. The van der Waals surface area contributed by atoms with E-state index >= 15 is 0 Å². The minimum Gasteiger partial charge on any atom is -0.377 e. The zero-order valence-corrected chi connectivity index (χ0v) is 10.3. The first-order valence-electron chi connectivity index (χ1n) is 5.77. The molecule has 1 atom stereocenters. The van der Waals surface area contributed by atoms with Gasteiger partial charge in [-0.1, -0.05) is 0 Å². The highest BCUT2D eigenvalue weighted by atomic mass is 16.5. The van der Waals surface area contributed by atoms with Crippen molar-refractivity contribution in [2.75, 3.05) is 33.0 Å². The number of carbonyl (C=O) groups is 3.